The highest BCUT2D eigenvalue weighted by atomic mass is 32.2. The van der Waals surface area contributed by atoms with E-state index >= 15 is 0 Å². The largest absolute Gasteiger partial charge is 0.301 e. The van der Waals surface area contributed by atoms with Gasteiger partial charge in [-0.25, -0.2) is 4.98 Å². The average molecular weight is 365 g/mol. The van der Waals surface area contributed by atoms with E-state index in [1.165, 1.54) is 23.1 Å². The number of carbonyl (C=O) groups excluding carboxylic acids is 1. The van der Waals surface area contributed by atoms with Crippen LogP contribution in [0.5, 0.6) is 0 Å². The first kappa shape index (κ1) is 16.1. The Morgan fingerprint density at radius 3 is 2.68 bits per heavy atom. The van der Waals surface area contributed by atoms with Crippen molar-refractivity contribution in [1.82, 2.24) is 9.97 Å². The predicted molar refractivity (Wildman–Crippen MR) is 105 cm³/mol. The summed E-state index contributed by atoms with van der Waals surface area (Å²) >= 11 is 3.02. The lowest BCUT2D eigenvalue weighted by molar-refractivity contribution is -0.115. The number of carbonyl (C=O) groups is 1. The van der Waals surface area contributed by atoms with Gasteiger partial charge in [-0.3, -0.25) is 9.78 Å². The van der Waals surface area contributed by atoms with E-state index < -0.39 is 0 Å². The molecule has 124 valence electrons. The summed E-state index contributed by atoms with van der Waals surface area (Å²) in [7, 11) is 0. The van der Waals surface area contributed by atoms with Crippen LogP contribution in [0, 0.1) is 0 Å². The number of aromatic nitrogens is 2. The summed E-state index contributed by atoms with van der Waals surface area (Å²) in [5, 5.41) is 4.40. The molecule has 0 spiro atoms. The lowest BCUT2D eigenvalue weighted by Gasteiger charge is -2.12. The van der Waals surface area contributed by atoms with Crippen molar-refractivity contribution in [2.45, 2.75) is 17.1 Å². The molecule has 0 fully saturated rings. The monoisotopic (exact) mass is 365 g/mol. The molecule has 25 heavy (non-hydrogen) atoms. The topological polar surface area (TPSA) is 54.9 Å². The van der Waals surface area contributed by atoms with Gasteiger partial charge in [-0.05, 0) is 31.2 Å². The molecule has 0 aliphatic rings. The van der Waals surface area contributed by atoms with Gasteiger partial charge in [-0.15, -0.1) is 11.8 Å². The molecule has 1 N–H and O–H groups in total. The maximum absolute atomic E-state index is 12.5. The van der Waals surface area contributed by atoms with Gasteiger partial charge in [0.15, 0.2) is 5.13 Å². The number of nitrogens with zero attached hydrogens (tertiary/aromatic N) is 2. The lowest BCUT2D eigenvalue weighted by Crippen LogP contribution is -2.22. The fraction of sp³-hybridized carbons (Fsp3) is 0.105. The van der Waals surface area contributed by atoms with Crippen molar-refractivity contribution in [2.75, 3.05) is 5.32 Å². The molecule has 1 unspecified atom stereocenters. The summed E-state index contributed by atoms with van der Waals surface area (Å²) in [4.78, 5) is 22.4. The number of amides is 1. The number of pyridine rings is 1. The highest BCUT2D eigenvalue weighted by Crippen LogP contribution is 2.31. The molecule has 1 atom stereocenters. The van der Waals surface area contributed by atoms with Crippen molar-refractivity contribution in [1.29, 1.82) is 0 Å². The first-order chi connectivity index (χ1) is 12.2. The molecule has 0 radical (unpaired) electrons. The third-order valence-corrected chi connectivity index (χ3v) is 5.94. The Balaban J connectivity index is 1.52. The molecule has 0 aliphatic heterocycles. The third kappa shape index (κ3) is 3.36. The van der Waals surface area contributed by atoms with Gasteiger partial charge in [0.25, 0.3) is 0 Å². The van der Waals surface area contributed by atoms with Gasteiger partial charge in [0.05, 0.1) is 21.0 Å². The first-order valence-corrected chi connectivity index (χ1v) is 9.57. The Kier molecular flexibility index (Phi) is 4.38. The first-order valence-electron chi connectivity index (χ1n) is 7.87. The molecule has 4 nitrogen and oxygen atoms in total. The second-order valence-corrected chi connectivity index (χ2v) is 7.98. The molecule has 4 rings (SSSR count). The second kappa shape index (κ2) is 6.82. The van der Waals surface area contributed by atoms with Crippen LogP contribution in [0.25, 0.3) is 21.1 Å². The van der Waals surface area contributed by atoms with E-state index in [9.17, 15) is 4.79 Å². The molecule has 2 aromatic heterocycles. The number of nitrogens with one attached hydrogen (secondary N) is 1. The molecule has 0 saturated carbocycles. The molecule has 0 saturated heterocycles. The Hall–Kier alpha value is -2.44. The second-order valence-electron chi connectivity index (χ2n) is 5.56. The number of hydrogen-bond donors (Lipinski definition) is 1. The highest BCUT2D eigenvalue weighted by Gasteiger charge is 2.17. The normalized spacial score (nSPS) is 12.4. The zero-order chi connectivity index (χ0) is 17.2. The van der Waals surface area contributed by atoms with Crippen molar-refractivity contribution >= 4 is 55.3 Å². The quantitative estimate of drug-likeness (QED) is 0.519. The molecule has 2 heterocycles. The van der Waals surface area contributed by atoms with Crippen LogP contribution in [0.4, 0.5) is 5.13 Å². The Morgan fingerprint density at radius 2 is 1.84 bits per heavy atom. The SMILES string of the molecule is CC(Sc1ccnc2ccccc12)C(=O)Nc1nc2ccccc2s1. The Morgan fingerprint density at radius 1 is 1.08 bits per heavy atom. The average Bonchev–Trinajstić information content (AvgIpc) is 3.04. The maximum atomic E-state index is 12.5. The Bertz CT molecular complexity index is 1020. The standard InChI is InChI=1S/C19H15N3OS2/c1-12(24-16-10-11-20-14-7-3-2-6-13(14)16)18(23)22-19-21-15-8-4-5-9-17(15)25-19/h2-12H,1H3,(H,21,22,23). The van der Waals surface area contributed by atoms with Crippen molar-refractivity contribution in [2.24, 2.45) is 0 Å². The molecular formula is C19H15N3OS2. The summed E-state index contributed by atoms with van der Waals surface area (Å²) in [5.41, 5.74) is 1.84. The Labute approximate surface area is 153 Å². The van der Waals surface area contributed by atoms with Gasteiger partial charge >= 0.3 is 0 Å². The van der Waals surface area contributed by atoms with Gasteiger partial charge in [-0.2, -0.15) is 0 Å². The van der Waals surface area contributed by atoms with Gasteiger partial charge in [0.1, 0.15) is 0 Å². The van der Waals surface area contributed by atoms with Crippen LogP contribution < -0.4 is 5.32 Å². The van der Waals surface area contributed by atoms with E-state index in [0.717, 1.165) is 26.0 Å². The predicted octanol–water partition coefficient (Wildman–Crippen LogP) is 4.96. The number of hydrogen-bond acceptors (Lipinski definition) is 5. The summed E-state index contributed by atoms with van der Waals surface area (Å²) in [6.45, 7) is 1.91. The molecule has 0 aliphatic carbocycles. The van der Waals surface area contributed by atoms with Gasteiger partial charge in [0, 0.05) is 16.5 Å². The molecule has 2 aromatic carbocycles. The number of thioether (sulfide) groups is 1. The fourth-order valence-electron chi connectivity index (χ4n) is 2.55. The van der Waals surface area contributed by atoms with Crippen molar-refractivity contribution in [3.63, 3.8) is 0 Å². The number of anilines is 1. The summed E-state index contributed by atoms with van der Waals surface area (Å²) in [6, 6.07) is 17.8. The third-order valence-electron chi connectivity index (χ3n) is 3.81. The molecule has 6 heteroatoms. The van der Waals surface area contributed by atoms with E-state index in [1.807, 2.05) is 61.5 Å². The van der Waals surface area contributed by atoms with E-state index in [1.54, 1.807) is 6.20 Å². The van der Waals surface area contributed by atoms with Gasteiger partial charge in [-0.1, -0.05) is 41.7 Å². The minimum absolute atomic E-state index is 0.0510. The number of thiazole rings is 1. The van der Waals surface area contributed by atoms with Crippen LogP contribution in [0.1, 0.15) is 6.92 Å². The van der Waals surface area contributed by atoms with E-state index in [-0.39, 0.29) is 11.2 Å². The van der Waals surface area contributed by atoms with Crippen molar-refractivity contribution in [3.8, 4) is 0 Å². The lowest BCUT2D eigenvalue weighted by atomic mass is 10.2. The molecule has 4 aromatic rings. The fourth-order valence-corrected chi connectivity index (χ4v) is 4.40. The van der Waals surface area contributed by atoms with Crippen LogP contribution in [0.15, 0.2) is 65.7 Å². The smallest absolute Gasteiger partial charge is 0.239 e. The molecule has 0 bridgehead atoms. The maximum Gasteiger partial charge on any atom is 0.239 e. The van der Waals surface area contributed by atoms with E-state index in [4.69, 9.17) is 0 Å². The minimum Gasteiger partial charge on any atom is -0.301 e. The van der Waals surface area contributed by atoms with Gasteiger partial charge < -0.3 is 5.32 Å². The highest BCUT2D eigenvalue weighted by molar-refractivity contribution is 8.00. The van der Waals surface area contributed by atoms with Crippen LogP contribution in [-0.2, 0) is 4.79 Å². The zero-order valence-corrected chi connectivity index (χ0v) is 15.1. The van der Waals surface area contributed by atoms with Crippen molar-refractivity contribution in [3.05, 3.63) is 60.8 Å². The van der Waals surface area contributed by atoms with Crippen LogP contribution >= 0.6 is 23.1 Å². The zero-order valence-electron chi connectivity index (χ0n) is 13.5. The van der Waals surface area contributed by atoms with Crippen LogP contribution in [0.2, 0.25) is 0 Å². The summed E-state index contributed by atoms with van der Waals surface area (Å²) in [5.74, 6) is -0.0510. The van der Waals surface area contributed by atoms with Crippen LogP contribution in [-0.4, -0.2) is 21.1 Å². The minimum atomic E-state index is -0.238. The van der Waals surface area contributed by atoms with E-state index in [0.29, 0.717) is 5.13 Å². The number of benzene rings is 2. The number of para-hydroxylation sites is 2. The van der Waals surface area contributed by atoms with Crippen LogP contribution in [0.3, 0.4) is 0 Å². The summed E-state index contributed by atoms with van der Waals surface area (Å²) < 4.78 is 1.07. The number of fused-ring (bicyclic) bond motifs is 2. The van der Waals surface area contributed by atoms with Crippen molar-refractivity contribution < 1.29 is 4.79 Å². The molecule has 1 amide bonds. The number of rotatable bonds is 4. The molecular weight excluding hydrogens is 350 g/mol. The van der Waals surface area contributed by atoms with E-state index in [2.05, 4.69) is 15.3 Å². The van der Waals surface area contributed by atoms with Gasteiger partial charge in [0.2, 0.25) is 5.91 Å². The summed E-state index contributed by atoms with van der Waals surface area (Å²) in [6.07, 6.45) is 1.78.